The molecular weight excluding hydrogens is 261 g/mol. The van der Waals surface area contributed by atoms with Crippen LogP contribution in [0.5, 0.6) is 5.75 Å². The predicted octanol–water partition coefficient (Wildman–Crippen LogP) is 2.80. The normalized spacial score (nSPS) is 12.0. The van der Waals surface area contributed by atoms with Crippen LogP contribution in [0.3, 0.4) is 0 Å². The van der Waals surface area contributed by atoms with E-state index in [2.05, 4.69) is 0 Å². The fourth-order valence-corrected chi connectivity index (χ4v) is 1.54. The zero-order valence-corrected chi connectivity index (χ0v) is 11.3. The van der Waals surface area contributed by atoms with Crippen molar-refractivity contribution >= 4 is 29.1 Å². The second-order valence-electron chi connectivity index (χ2n) is 3.75. The Balaban J connectivity index is 2.48. The lowest BCUT2D eigenvalue weighted by Crippen LogP contribution is -2.39. The lowest BCUT2D eigenvalue weighted by atomic mass is 10.3. The molecule has 0 N–H and O–H groups in total. The molecular formula is C12H15Cl2NO2. The Morgan fingerprint density at radius 1 is 1.53 bits per heavy atom. The first kappa shape index (κ1) is 14.1. The third kappa shape index (κ3) is 4.44. The van der Waals surface area contributed by atoms with Gasteiger partial charge in [0.15, 0.2) is 6.61 Å². The van der Waals surface area contributed by atoms with E-state index in [-0.39, 0.29) is 18.6 Å². The molecule has 0 fully saturated rings. The second-order valence-corrected chi connectivity index (χ2v) is 4.50. The number of amides is 1. The van der Waals surface area contributed by atoms with Gasteiger partial charge in [0.05, 0.1) is 0 Å². The zero-order valence-electron chi connectivity index (χ0n) is 9.82. The standard InChI is InChI=1S/C12H15Cl2NO2/c1-9(7-13)15(2)12(16)8-17-11-5-3-4-10(14)6-11/h3-6,9H,7-8H2,1-2H3. The number of nitrogens with zero attached hydrogens (tertiary/aromatic N) is 1. The lowest BCUT2D eigenvalue weighted by molar-refractivity contribution is -0.133. The number of alkyl halides is 1. The molecule has 1 unspecified atom stereocenters. The van der Waals surface area contributed by atoms with E-state index in [4.69, 9.17) is 27.9 Å². The van der Waals surface area contributed by atoms with Gasteiger partial charge in [-0.05, 0) is 25.1 Å². The molecule has 0 aliphatic heterocycles. The number of hydrogen-bond acceptors (Lipinski definition) is 2. The van der Waals surface area contributed by atoms with Crippen LogP contribution >= 0.6 is 23.2 Å². The minimum absolute atomic E-state index is 0.00729. The summed E-state index contributed by atoms with van der Waals surface area (Å²) in [5, 5.41) is 0.581. The number of ether oxygens (including phenoxy) is 1. The fourth-order valence-electron chi connectivity index (χ4n) is 1.15. The highest BCUT2D eigenvalue weighted by molar-refractivity contribution is 6.30. The third-order valence-corrected chi connectivity index (χ3v) is 3.12. The van der Waals surface area contributed by atoms with Crippen LogP contribution in [0.1, 0.15) is 6.92 Å². The molecule has 94 valence electrons. The molecule has 1 atom stereocenters. The maximum Gasteiger partial charge on any atom is 0.260 e. The highest BCUT2D eigenvalue weighted by Crippen LogP contribution is 2.17. The van der Waals surface area contributed by atoms with Gasteiger partial charge in [0, 0.05) is 24.0 Å². The van der Waals surface area contributed by atoms with E-state index in [9.17, 15) is 4.79 Å². The van der Waals surface area contributed by atoms with Crippen molar-refractivity contribution in [3.63, 3.8) is 0 Å². The molecule has 1 rings (SSSR count). The Morgan fingerprint density at radius 2 is 2.24 bits per heavy atom. The maximum absolute atomic E-state index is 11.7. The van der Waals surface area contributed by atoms with E-state index in [1.165, 1.54) is 0 Å². The molecule has 5 heteroatoms. The van der Waals surface area contributed by atoms with Gasteiger partial charge in [0.25, 0.3) is 5.91 Å². The van der Waals surface area contributed by atoms with Crippen molar-refractivity contribution in [3.8, 4) is 5.75 Å². The SMILES string of the molecule is CC(CCl)N(C)C(=O)COc1cccc(Cl)c1. The van der Waals surface area contributed by atoms with Gasteiger partial charge in [0.1, 0.15) is 5.75 Å². The van der Waals surface area contributed by atoms with Crippen LogP contribution in [-0.2, 0) is 4.79 Å². The average molecular weight is 276 g/mol. The number of benzene rings is 1. The van der Waals surface area contributed by atoms with Gasteiger partial charge in [0.2, 0.25) is 0 Å². The summed E-state index contributed by atoms with van der Waals surface area (Å²) in [5.41, 5.74) is 0. The number of rotatable bonds is 5. The predicted molar refractivity (Wildman–Crippen MR) is 69.9 cm³/mol. The summed E-state index contributed by atoms with van der Waals surface area (Å²) in [6, 6.07) is 6.93. The van der Waals surface area contributed by atoms with E-state index < -0.39 is 0 Å². The number of likely N-dealkylation sites (N-methyl/N-ethyl adjacent to an activating group) is 1. The van der Waals surface area contributed by atoms with Crippen LogP contribution in [0.4, 0.5) is 0 Å². The molecule has 0 aliphatic carbocycles. The van der Waals surface area contributed by atoms with Crippen molar-refractivity contribution < 1.29 is 9.53 Å². The first-order valence-corrected chi connectivity index (χ1v) is 6.16. The Kier molecular flexibility index (Phi) is 5.59. The van der Waals surface area contributed by atoms with Crippen molar-refractivity contribution in [1.82, 2.24) is 4.90 Å². The minimum atomic E-state index is -0.113. The van der Waals surface area contributed by atoms with Crippen molar-refractivity contribution in [2.24, 2.45) is 0 Å². The van der Waals surface area contributed by atoms with Crippen LogP contribution in [0.25, 0.3) is 0 Å². The molecule has 0 radical (unpaired) electrons. The van der Waals surface area contributed by atoms with Gasteiger partial charge < -0.3 is 9.64 Å². The first-order chi connectivity index (χ1) is 8.04. The van der Waals surface area contributed by atoms with Crippen molar-refractivity contribution in [1.29, 1.82) is 0 Å². The summed E-state index contributed by atoms with van der Waals surface area (Å²) >= 11 is 11.5. The summed E-state index contributed by atoms with van der Waals surface area (Å²) in [6.45, 7) is 1.86. The molecule has 3 nitrogen and oxygen atoms in total. The van der Waals surface area contributed by atoms with Crippen molar-refractivity contribution in [2.45, 2.75) is 13.0 Å². The van der Waals surface area contributed by atoms with Crippen molar-refractivity contribution in [2.75, 3.05) is 19.5 Å². The van der Waals surface area contributed by atoms with Gasteiger partial charge in [-0.3, -0.25) is 4.79 Å². The van der Waals surface area contributed by atoms with E-state index >= 15 is 0 Å². The molecule has 0 aliphatic rings. The number of hydrogen-bond donors (Lipinski definition) is 0. The largest absolute Gasteiger partial charge is 0.484 e. The Hall–Kier alpha value is -0.930. The highest BCUT2D eigenvalue weighted by atomic mass is 35.5. The van der Waals surface area contributed by atoms with Gasteiger partial charge >= 0.3 is 0 Å². The highest BCUT2D eigenvalue weighted by Gasteiger charge is 2.15. The number of halogens is 2. The number of carbonyl (C=O) groups excluding carboxylic acids is 1. The molecule has 0 aromatic heterocycles. The molecule has 0 bridgehead atoms. The minimum Gasteiger partial charge on any atom is -0.484 e. The topological polar surface area (TPSA) is 29.5 Å². The van der Waals surface area contributed by atoms with Crippen LogP contribution < -0.4 is 4.74 Å². The summed E-state index contributed by atoms with van der Waals surface area (Å²) in [5.74, 6) is 0.871. The first-order valence-electron chi connectivity index (χ1n) is 5.24. The lowest BCUT2D eigenvalue weighted by Gasteiger charge is -2.22. The summed E-state index contributed by atoms with van der Waals surface area (Å²) in [6.07, 6.45) is 0. The molecule has 1 aromatic carbocycles. The average Bonchev–Trinajstić information content (AvgIpc) is 2.34. The molecule has 0 heterocycles. The Bertz CT molecular complexity index is 385. The molecule has 1 amide bonds. The summed E-state index contributed by atoms with van der Waals surface area (Å²) in [4.78, 5) is 13.3. The molecule has 0 spiro atoms. The van der Waals surface area contributed by atoms with Crippen LogP contribution in [-0.4, -0.2) is 36.4 Å². The van der Waals surface area contributed by atoms with E-state index in [1.54, 1.807) is 36.2 Å². The zero-order chi connectivity index (χ0) is 12.8. The Morgan fingerprint density at radius 3 is 2.82 bits per heavy atom. The maximum atomic E-state index is 11.7. The van der Waals surface area contributed by atoms with E-state index in [0.717, 1.165) is 0 Å². The summed E-state index contributed by atoms with van der Waals surface area (Å²) < 4.78 is 5.35. The molecule has 1 aromatic rings. The molecule has 17 heavy (non-hydrogen) atoms. The quantitative estimate of drug-likeness (QED) is 0.774. The van der Waals surface area contributed by atoms with Crippen molar-refractivity contribution in [3.05, 3.63) is 29.3 Å². The fraction of sp³-hybridized carbons (Fsp3) is 0.417. The van der Waals surface area contributed by atoms with Crippen LogP contribution in [0, 0.1) is 0 Å². The number of carbonyl (C=O) groups is 1. The van der Waals surface area contributed by atoms with Crippen LogP contribution in [0.2, 0.25) is 5.02 Å². The van der Waals surface area contributed by atoms with Gasteiger partial charge in [-0.15, -0.1) is 11.6 Å². The van der Waals surface area contributed by atoms with Gasteiger partial charge in [-0.2, -0.15) is 0 Å². The molecule has 0 saturated heterocycles. The van der Waals surface area contributed by atoms with E-state index in [1.807, 2.05) is 6.92 Å². The van der Waals surface area contributed by atoms with Gasteiger partial charge in [-0.1, -0.05) is 17.7 Å². The second kappa shape index (κ2) is 6.72. The third-order valence-electron chi connectivity index (χ3n) is 2.44. The Labute approximate surface area is 111 Å². The van der Waals surface area contributed by atoms with Crippen LogP contribution in [0.15, 0.2) is 24.3 Å². The smallest absolute Gasteiger partial charge is 0.260 e. The van der Waals surface area contributed by atoms with E-state index in [0.29, 0.717) is 16.7 Å². The monoisotopic (exact) mass is 275 g/mol. The molecule has 0 saturated carbocycles. The van der Waals surface area contributed by atoms with Gasteiger partial charge in [-0.25, -0.2) is 0 Å². The summed E-state index contributed by atoms with van der Waals surface area (Å²) in [7, 11) is 1.71.